The fourth-order valence-electron chi connectivity index (χ4n) is 4.98. The largest absolute Gasteiger partial charge is 0.490 e. The Hall–Kier alpha value is -4.93. The van der Waals surface area contributed by atoms with Crippen LogP contribution in [0.4, 0.5) is 11.4 Å². The summed E-state index contributed by atoms with van der Waals surface area (Å²) in [6.07, 6.45) is -0.330. The van der Waals surface area contributed by atoms with Crippen LogP contribution < -0.4 is 28.7 Å². The molecule has 4 rings (SSSR count). The summed E-state index contributed by atoms with van der Waals surface area (Å²) in [4.78, 5) is 17.3. The molecule has 10 heteroatoms. The van der Waals surface area contributed by atoms with Gasteiger partial charge in [-0.05, 0) is 105 Å². The first-order valence-corrected chi connectivity index (χ1v) is 17.2. The second-order valence-electron chi connectivity index (χ2n) is 13.0. The van der Waals surface area contributed by atoms with E-state index in [1.54, 1.807) is 0 Å². The summed E-state index contributed by atoms with van der Waals surface area (Å²) < 4.78 is 24.2. The molecule has 0 heterocycles. The maximum Gasteiger partial charge on any atom is 0.305 e. The first-order chi connectivity index (χ1) is 24.3. The number of carboxylic acid groups (broad SMARTS) is 1. The van der Waals surface area contributed by atoms with Crippen molar-refractivity contribution in [2.45, 2.75) is 58.7 Å². The molecule has 51 heavy (non-hydrogen) atoms. The van der Waals surface area contributed by atoms with Gasteiger partial charge in [-0.15, -0.1) is 0 Å². The van der Waals surface area contributed by atoms with Crippen LogP contribution in [-0.2, 0) is 15.1 Å². The van der Waals surface area contributed by atoms with E-state index in [2.05, 4.69) is 78.9 Å². The fourth-order valence-corrected chi connectivity index (χ4v) is 4.98. The highest BCUT2D eigenvalue weighted by molar-refractivity contribution is 5.66. The van der Waals surface area contributed by atoms with Gasteiger partial charge in [0.05, 0.1) is 13.0 Å². The molecule has 0 aromatic heterocycles. The third kappa shape index (κ3) is 13.4. The SMILES string of the molecule is CCN(C)c1ccc(OCC(C)Oc2ccc(C(C)(C)c3ccc(OC(C)COc4ccc(N(C)C)cc4)cc3)cc2)cc1.O=C(O)CCOO. The zero-order chi connectivity index (χ0) is 37.4. The number of hydrogen-bond acceptors (Lipinski definition) is 9. The van der Waals surface area contributed by atoms with Gasteiger partial charge in [0.1, 0.15) is 48.4 Å². The molecule has 0 fully saturated rings. The van der Waals surface area contributed by atoms with E-state index in [4.69, 9.17) is 29.3 Å². The predicted molar refractivity (Wildman–Crippen MR) is 203 cm³/mol. The van der Waals surface area contributed by atoms with Crippen molar-refractivity contribution in [3.8, 4) is 23.0 Å². The minimum Gasteiger partial charge on any atom is -0.490 e. The quantitative estimate of drug-likeness (QED) is 0.0778. The number of carbonyl (C=O) groups is 1. The Labute approximate surface area is 303 Å². The number of anilines is 2. The standard InChI is InChI=1S/C38H48N2O4.C3H6O4/c1-9-40(8)33-16-24-35(25-17-33)42-27-29(3)44-37-20-12-31(13-21-37)38(4,5)30-10-18-36(19-11-30)43-28(2)26-41-34-22-14-32(15-23-34)39(6)7;4-3(5)1-2-7-6/h10-25,28-29H,9,26-27H2,1-8H3;6H,1-2H2,(H,4,5). The first kappa shape index (κ1) is 40.5. The molecule has 0 saturated carbocycles. The van der Waals surface area contributed by atoms with Crippen LogP contribution in [0.5, 0.6) is 23.0 Å². The smallest absolute Gasteiger partial charge is 0.305 e. The molecule has 0 aliphatic carbocycles. The van der Waals surface area contributed by atoms with Gasteiger partial charge < -0.3 is 33.9 Å². The number of nitrogens with zero attached hydrogens (tertiary/aromatic N) is 2. The second-order valence-corrected chi connectivity index (χ2v) is 13.0. The second kappa shape index (κ2) is 20.1. The summed E-state index contributed by atoms with van der Waals surface area (Å²) in [6.45, 7) is 12.4. The van der Waals surface area contributed by atoms with E-state index < -0.39 is 5.97 Å². The van der Waals surface area contributed by atoms with Crippen LogP contribution >= 0.6 is 0 Å². The van der Waals surface area contributed by atoms with Crippen molar-refractivity contribution in [3.05, 3.63) is 108 Å². The average Bonchev–Trinajstić information content (AvgIpc) is 3.13. The zero-order valence-electron chi connectivity index (χ0n) is 31.2. The lowest BCUT2D eigenvalue weighted by Gasteiger charge is -2.27. The molecule has 0 aliphatic rings. The van der Waals surface area contributed by atoms with E-state index in [-0.39, 0.29) is 30.7 Å². The molecule has 4 aromatic carbocycles. The van der Waals surface area contributed by atoms with Crippen molar-refractivity contribution in [1.82, 2.24) is 0 Å². The van der Waals surface area contributed by atoms with E-state index in [1.165, 1.54) is 16.8 Å². The van der Waals surface area contributed by atoms with Crippen molar-refractivity contribution in [1.29, 1.82) is 0 Å². The first-order valence-electron chi connectivity index (χ1n) is 17.2. The van der Waals surface area contributed by atoms with Crippen LogP contribution in [0.3, 0.4) is 0 Å². The maximum atomic E-state index is 9.57. The highest BCUT2D eigenvalue weighted by atomic mass is 17.1. The molecular weight excluding hydrogens is 648 g/mol. The topological polar surface area (TPSA) is 110 Å². The molecule has 0 amide bonds. The maximum absolute atomic E-state index is 9.57. The molecule has 10 nitrogen and oxygen atoms in total. The van der Waals surface area contributed by atoms with Gasteiger partial charge in [0, 0.05) is 44.5 Å². The van der Waals surface area contributed by atoms with Crippen molar-refractivity contribution < 1.29 is 39.0 Å². The summed E-state index contributed by atoms with van der Waals surface area (Å²) in [5, 5.41) is 15.4. The van der Waals surface area contributed by atoms with Crippen molar-refractivity contribution in [3.63, 3.8) is 0 Å². The fraction of sp³-hybridized carbons (Fsp3) is 0.390. The molecular formula is C41H54N2O8. The summed E-state index contributed by atoms with van der Waals surface area (Å²) in [5.74, 6) is 2.36. The molecule has 0 aliphatic heterocycles. The normalized spacial score (nSPS) is 12.1. The van der Waals surface area contributed by atoms with Gasteiger partial charge in [-0.3, -0.25) is 10.1 Å². The van der Waals surface area contributed by atoms with Crippen molar-refractivity contribution >= 4 is 17.3 Å². The van der Waals surface area contributed by atoms with Crippen LogP contribution in [0.25, 0.3) is 0 Å². The number of aliphatic carboxylic acids is 1. The van der Waals surface area contributed by atoms with E-state index in [0.29, 0.717) is 13.2 Å². The van der Waals surface area contributed by atoms with E-state index in [1.807, 2.05) is 88.6 Å². The highest BCUT2D eigenvalue weighted by Gasteiger charge is 2.23. The summed E-state index contributed by atoms with van der Waals surface area (Å²) in [7, 11) is 6.13. The summed E-state index contributed by atoms with van der Waals surface area (Å²) in [5.41, 5.74) is 4.55. The van der Waals surface area contributed by atoms with Crippen LogP contribution in [0.1, 0.15) is 52.2 Å². The highest BCUT2D eigenvalue weighted by Crippen LogP contribution is 2.34. The molecule has 0 bridgehead atoms. The van der Waals surface area contributed by atoms with Gasteiger partial charge in [0.2, 0.25) is 0 Å². The third-order valence-corrected chi connectivity index (χ3v) is 8.31. The minimum absolute atomic E-state index is 0.0870. The van der Waals surface area contributed by atoms with Crippen LogP contribution in [-0.4, -0.2) is 76.0 Å². The number of hydrogen-bond donors (Lipinski definition) is 2. The number of carboxylic acids is 1. The van der Waals surface area contributed by atoms with Crippen molar-refractivity contribution in [2.24, 2.45) is 0 Å². The van der Waals surface area contributed by atoms with Gasteiger partial charge in [-0.25, -0.2) is 4.89 Å². The minimum atomic E-state index is -0.978. The van der Waals surface area contributed by atoms with Crippen LogP contribution in [0.15, 0.2) is 97.1 Å². The number of benzene rings is 4. The van der Waals surface area contributed by atoms with E-state index in [9.17, 15) is 4.79 Å². The monoisotopic (exact) mass is 702 g/mol. The van der Waals surface area contributed by atoms with E-state index >= 15 is 0 Å². The Bertz CT molecular complexity index is 1570. The Morgan fingerprint density at radius 2 is 1.06 bits per heavy atom. The number of ether oxygens (including phenoxy) is 4. The van der Waals surface area contributed by atoms with Gasteiger partial charge in [-0.1, -0.05) is 38.1 Å². The van der Waals surface area contributed by atoms with E-state index in [0.717, 1.165) is 35.2 Å². The third-order valence-electron chi connectivity index (χ3n) is 8.31. The summed E-state index contributed by atoms with van der Waals surface area (Å²) in [6, 6.07) is 32.9. The van der Waals surface area contributed by atoms with Crippen LogP contribution in [0.2, 0.25) is 0 Å². The lowest BCUT2D eigenvalue weighted by molar-refractivity contribution is -0.243. The molecule has 0 radical (unpaired) electrons. The number of rotatable bonds is 18. The van der Waals surface area contributed by atoms with Gasteiger partial charge in [-0.2, -0.15) is 0 Å². The average molecular weight is 703 g/mol. The Morgan fingerprint density at radius 1 is 0.667 bits per heavy atom. The lowest BCUT2D eigenvalue weighted by atomic mass is 9.78. The summed E-state index contributed by atoms with van der Waals surface area (Å²) >= 11 is 0. The molecule has 276 valence electrons. The molecule has 2 atom stereocenters. The van der Waals surface area contributed by atoms with Crippen LogP contribution in [0, 0.1) is 0 Å². The predicted octanol–water partition coefficient (Wildman–Crippen LogP) is 8.18. The Kier molecular flexibility index (Phi) is 15.9. The Balaban J connectivity index is 0.000000908. The van der Waals surface area contributed by atoms with Gasteiger partial charge in [0.25, 0.3) is 0 Å². The molecule has 4 aromatic rings. The lowest BCUT2D eigenvalue weighted by Crippen LogP contribution is -2.22. The Morgan fingerprint density at radius 3 is 1.39 bits per heavy atom. The van der Waals surface area contributed by atoms with Gasteiger partial charge in [0.15, 0.2) is 0 Å². The molecule has 2 N–H and O–H groups in total. The molecule has 0 saturated heterocycles. The zero-order valence-corrected chi connectivity index (χ0v) is 31.2. The van der Waals surface area contributed by atoms with Crippen molar-refractivity contribution in [2.75, 3.05) is 57.3 Å². The van der Waals surface area contributed by atoms with Gasteiger partial charge >= 0.3 is 5.97 Å². The molecule has 2 unspecified atom stereocenters. The molecule has 0 spiro atoms.